The molecule has 0 spiro atoms. The molecule has 0 radical (unpaired) electrons. The molecule has 2 aliphatic rings. The van der Waals surface area contributed by atoms with E-state index in [1.54, 1.807) is 0 Å². The van der Waals surface area contributed by atoms with Gasteiger partial charge < -0.3 is 5.73 Å². The van der Waals surface area contributed by atoms with Crippen molar-refractivity contribution in [2.24, 2.45) is 11.7 Å². The summed E-state index contributed by atoms with van der Waals surface area (Å²) in [5, 5.41) is 0. The van der Waals surface area contributed by atoms with Crippen molar-refractivity contribution in [1.82, 2.24) is 4.90 Å². The smallest absolute Gasteiger partial charge is 0.0470 e. The van der Waals surface area contributed by atoms with Crippen LogP contribution in [0.2, 0.25) is 0 Å². The van der Waals surface area contributed by atoms with E-state index in [9.17, 15) is 0 Å². The molecule has 0 aromatic heterocycles. The minimum atomic E-state index is 0.411. The molecule has 2 N–H and O–H groups in total. The number of hydrogen-bond acceptors (Lipinski definition) is 2. The highest BCUT2D eigenvalue weighted by Crippen LogP contribution is 2.40. The van der Waals surface area contributed by atoms with E-state index in [1.807, 2.05) is 0 Å². The first-order valence-electron chi connectivity index (χ1n) is 8.85. The van der Waals surface area contributed by atoms with Crippen LogP contribution in [0.15, 0.2) is 24.3 Å². The Kier molecular flexibility index (Phi) is 4.97. The summed E-state index contributed by atoms with van der Waals surface area (Å²) in [5.74, 6) is 1.77. The predicted molar refractivity (Wildman–Crippen MR) is 89.4 cm³/mol. The van der Waals surface area contributed by atoms with Crippen molar-refractivity contribution in [1.29, 1.82) is 0 Å². The number of hydrogen-bond donors (Lipinski definition) is 1. The first-order chi connectivity index (χ1) is 10.3. The SMILES string of the molecule is CCC1CCCN(C(CN)c2ccc(C3CC3)cc2)CC1. The van der Waals surface area contributed by atoms with Crippen molar-refractivity contribution in [3.05, 3.63) is 35.4 Å². The molecule has 2 atom stereocenters. The Bertz CT molecular complexity index is 435. The second-order valence-corrected chi connectivity index (χ2v) is 6.93. The predicted octanol–water partition coefficient (Wildman–Crippen LogP) is 4.08. The van der Waals surface area contributed by atoms with Gasteiger partial charge in [-0.2, -0.15) is 0 Å². The average molecular weight is 286 g/mol. The Morgan fingerprint density at radius 2 is 1.86 bits per heavy atom. The lowest BCUT2D eigenvalue weighted by atomic mass is 9.98. The maximum atomic E-state index is 6.12. The minimum Gasteiger partial charge on any atom is -0.329 e. The molecule has 1 saturated carbocycles. The summed E-state index contributed by atoms with van der Waals surface area (Å²) in [6.07, 6.45) is 8.15. The van der Waals surface area contributed by atoms with Crippen molar-refractivity contribution < 1.29 is 0 Å². The number of benzene rings is 1. The Morgan fingerprint density at radius 1 is 1.10 bits per heavy atom. The first kappa shape index (κ1) is 15.1. The van der Waals surface area contributed by atoms with E-state index < -0.39 is 0 Å². The molecule has 3 rings (SSSR count). The van der Waals surface area contributed by atoms with Crippen molar-refractivity contribution in [3.8, 4) is 0 Å². The van der Waals surface area contributed by atoms with Crippen molar-refractivity contribution >= 4 is 0 Å². The molecule has 21 heavy (non-hydrogen) atoms. The maximum Gasteiger partial charge on any atom is 0.0470 e. The molecular formula is C19H30N2. The van der Waals surface area contributed by atoms with Gasteiger partial charge in [-0.1, -0.05) is 37.6 Å². The molecule has 2 fully saturated rings. The third kappa shape index (κ3) is 3.67. The van der Waals surface area contributed by atoms with Gasteiger partial charge in [0, 0.05) is 12.6 Å². The molecule has 116 valence electrons. The summed E-state index contributed by atoms with van der Waals surface area (Å²) in [5.41, 5.74) is 9.06. The summed E-state index contributed by atoms with van der Waals surface area (Å²) in [6.45, 7) is 5.49. The second-order valence-electron chi connectivity index (χ2n) is 6.93. The van der Waals surface area contributed by atoms with Gasteiger partial charge in [-0.15, -0.1) is 0 Å². The molecule has 1 aliphatic heterocycles. The van der Waals surface area contributed by atoms with E-state index in [-0.39, 0.29) is 0 Å². The van der Waals surface area contributed by atoms with Gasteiger partial charge >= 0.3 is 0 Å². The van der Waals surface area contributed by atoms with Crippen LogP contribution in [0.3, 0.4) is 0 Å². The highest BCUT2D eigenvalue weighted by atomic mass is 15.2. The summed E-state index contributed by atoms with van der Waals surface area (Å²) < 4.78 is 0. The fourth-order valence-electron chi connectivity index (χ4n) is 3.81. The monoisotopic (exact) mass is 286 g/mol. The third-order valence-electron chi connectivity index (χ3n) is 5.49. The van der Waals surface area contributed by atoms with Crippen molar-refractivity contribution in [2.45, 2.75) is 57.4 Å². The lowest BCUT2D eigenvalue weighted by Crippen LogP contribution is -2.34. The van der Waals surface area contributed by atoms with Gasteiger partial charge in [0.2, 0.25) is 0 Å². The maximum absolute atomic E-state index is 6.12. The van der Waals surface area contributed by atoms with Crippen LogP contribution < -0.4 is 5.73 Å². The van der Waals surface area contributed by atoms with Gasteiger partial charge in [-0.3, -0.25) is 4.90 Å². The number of likely N-dealkylation sites (tertiary alicyclic amines) is 1. The molecule has 2 nitrogen and oxygen atoms in total. The standard InChI is InChI=1S/C19H30N2/c1-2-15-4-3-12-21(13-11-15)19(14-20)18-9-7-17(8-10-18)16-5-6-16/h7-10,15-16,19H,2-6,11-14,20H2,1H3. The fourth-order valence-corrected chi connectivity index (χ4v) is 3.81. The van der Waals surface area contributed by atoms with Crippen LogP contribution in [-0.4, -0.2) is 24.5 Å². The summed E-state index contributed by atoms with van der Waals surface area (Å²) >= 11 is 0. The lowest BCUT2D eigenvalue weighted by Gasteiger charge is -2.30. The molecule has 1 aromatic rings. The van der Waals surface area contributed by atoms with E-state index in [4.69, 9.17) is 5.73 Å². The number of nitrogens with zero attached hydrogens (tertiary/aromatic N) is 1. The normalized spacial score (nSPS) is 25.5. The van der Waals surface area contributed by atoms with E-state index in [0.717, 1.165) is 18.4 Å². The van der Waals surface area contributed by atoms with Gasteiger partial charge in [-0.05, 0) is 68.2 Å². The summed E-state index contributed by atoms with van der Waals surface area (Å²) in [6, 6.07) is 9.74. The van der Waals surface area contributed by atoms with Crippen LogP contribution in [0.1, 0.15) is 68.5 Å². The Morgan fingerprint density at radius 3 is 2.48 bits per heavy atom. The first-order valence-corrected chi connectivity index (χ1v) is 8.85. The highest BCUT2D eigenvalue weighted by molar-refractivity contribution is 5.30. The Balaban J connectivity index is 1.68. The molecule has 0 amide bonds. The third-order valence-corrected chi connectivity index (χ3v) is 5.49. The summed E-state index contributed by atoms with van der Waals surface area (Å²) in [4.78, 5) is 2.63. The molecule has 1 aliphatic carbocycles. The fraction of sp³-hybridized carbons (Fsp3) is 0.684. The van der Waals surface area contributed by atoms with E-state index in [1.165, 1.54) is 62.7 Å². The minimum absolute atomic E-state index is 0.411. The van der Waals surface area contributed by atoms with Gasteiger partial charge in [0.25, 0.3) is 0 Å². The van der Waals surface area contributed by atoms with E-state index >= 15 is 0 Å². The summed E-state index contributed by atoms with van der Waals surface area (Å²) in [7, 11) is 0. The average Bonchev–Trinajstić information content (AvgIpc) is 3.36. The van der Waals surface area contributed by atoms with Crippen molar-refractivity contribution in [3.63, 3.8) is 0 Å². The zero-order chi connectivity index (χ0) is 14.7. The Labute approximate surface area is 129 Å². The van der Waals surface area contributed by atoms with Gasteiger partial charge in [0.1, 0.15) is 0 Å². The highest BCUT2D eigenvalue weighted by Gasteiger charge is 2.25. The van der Waals surface area contributed by atoms with Crippen LogP contribution in [-0.2, 0) is 0 Å². The largest absolute Gasteiger partial charge is 0.329 e. The quantitative estimate of drug-likeness (QED) is 0.884. The zero-order valence-corrected chi connectivity index (χ0v) is 13.4. The molecule has 2 heteroatoms. The molecular weight excluding hydrogens is 256 g/mol. The van der Waals surface area contributed by atoms with Gasteiger partial charge in [0.15, 0.2) is 0 Å². The van der Waals surface area contributed by atoms with Crippen LogP contribution in [0.4, 0.5) is 0 Å². The molecule has 0 bridgehead atoms. The molecule has 1 heterocycles. The van der Waals surface area contributed by atoms with Crippen LogP contribution >= 0.6 is 0 Å². The van der Waals surface area contributed by atoms with Gasteiger partial charge in [0.05, 0.1) is 0 Å². The van der Waals surface area contributed by atoms with E-state index in [2.05, 4.69) is 36.1 Å². The van der Waals surface area contributed by atoms with Crippen LogP contribution in [0.5, 0.6) is 0 Å². The zero-order valence-electron chi connectivity index (χ0n) is 13.4. The molecule has 2 unspecified atom stereocenters. The lowest BCUT2D eigenvalue weighted by molar-refractivity contribution is 0.206. The van der Waals surface area contributed by atoms with Gasteiger partial charge in [-0.25, -0.2) is 0 Å². The second kappa shape index (κ2) is 6.93. The molecule has 1 saturated heterocycles. The molecule has 1 aromatic carbocycles. The van der Waals surface area contributed by atoms with Crippen LogP contribution in [0.25, 0.3) is 0 Å². The van der Waals surface area contributed by atoms with E-state index in [0.29, 0.717) is 6.04 Å². The Hall–Kier alpha value is -0.860. The van der Waals surface area contributed by atoms with Crippen LogP contribution in [0, 0.1) is 5.92 Å². The van der Waals surface area contributed by atoms with Crippen molar-refractivity contribution in [2.75, 3.05) is 19.6 Å². The number of rotatable bonds is 5. The topological polar surface area (TPSA) is 29.3 Å². The number of nitrogens with two attached hydrogens (primary N) is 1.